The summed E-state index contributed by atoms with van der Waals surface area (Å²) in [6.07, 6.45) is 0. The third-order valence-corrected chi connectivity index (χ3v) is 2.34. The van der Waals surface area contributed by atoms with Crippen molar-refractivity contribution < 1.29 is 0 Å². The number of rotatable bonds is 1. The molecule has 0 amide bonds. The molecule has 0 aliphatic carbocycles. The van der Waals surface area contributed by atoms with E-state index in [2.05, 4.69) is 18.8 Å². The molecule has 0 fully saturated rings. The fraction of sp³-hybridized carbons (Fsp3) is 0. The summed E-state index contributed by atoms with van der Waals surface area (Å²) in [5.41, 5.74) is 9.88. The van der Waals surface area contributed by atoms with Crippen LogP contribution in [0.4, 0.5) is 5.69 Å². The van der Waals surface area contributed by atoms with Gasteiger partial charge in [0.1, 0.15) is 11.0 Å². The maximum absolute atomic E-state index is 8.30. The zero-order valence-corrected chi connectivity index (χ0v) is 7.75. The molecule has 1 aromatic carbocycles. The lowest BCUT2D eigenvalue weighted by atomic mass is 10.3. The molecule has 5 nitrogen and oxygen atoms in total. The van der Waals surface area contributed by atoms with Crippen molar-refractivity contribution in [2.45, 2.75) is 0 Å². The van der Waals surface area contributed by atoms with Gasteiger partial charge >= 0.3 is 0 Å². The van der Waals surface area contributed by atoms with E-state index in [1.54, 1.807) is 12.1 Å². The van der Waals surface area contributed by atoms with Crippen LogP contribution in [0.25, 0.3) is 21.5 Å². The van der Waals surface area contributed by atoms with E-state index in [0.29, 0.717) is 21.7 Å². The van der Waals surface area contributed by atoms with Gasteiger partial charge in [-0.25, -0.2) is 0 Å². The van der Waals surface area contributed by atoms with E-state index < -0.39 is 0 Å². The van der Waals surface area contributed by atoms with Gasteiger partial charge in [-0.15, -0.1) is 0 Å². The molecule has 0 spiro atoms. The molecule has 1 aromatic heterocycles. The van der Waals surface area contributed by atoms with E-state index in [0.717, 1.165) is 11.7 Å². The number of halogens is 1. The first-order valence-electron chi connectivity index (χ1n) is 3.29. The van der Waals surface area contributed by atoms with Gasteiger partial charge in [0.2, 0.25) is 0 Å². The third-order valence-electron chi connectivity index (χ3n) is 1.50. The molecular formula is C6H2ClN5S. The highest BCUT2D eigenvalue weighted by Gasteiger charge is 2.07. The minimum absolute atomic E-state index is 0.343. The molecular weight excluding hydrogens is 210 g/mol. The lowest BCUT2D eigenvalue weighted by Crippen LogP contribution is -1.72. The fourth-order valence-corrected chi connectivity index (χ4v) is 1.68. The number of hydrogen-bond donors (Lipinski definition) is 0. The summed E-state index contributed by atoms with van der Waals surface area (Å²) in [6.45, 7) is 0. The standard InChI is InChI=1S/C6H2ClN5S/c7-3-1-2-4-6(11-13-10-4)5(3)9-12-8/h1-2H. The Bertz CT molecular complexity index is 501. The number of benzene rings is 1. The molecule has 2 aromatic rings. The van der Waals surface area contributed by atoms with Crippen LogP contribution < -0.4 is 0 Å². The van der Waals surface area contributed by atoms with Gasteiger partial charge in [-0.3, -0.25) is 0 Å². The Morgan fingerprint density at radius 2 is 2.31 bits per heavy atom. The van der Waals surface area contributed by atoms with Crippen molar-refractivity contribution in [3.05, 3.63) is 27.6 Å². The molecule has 0 radical (unpaired) electrons. The second-order valence-electron chi connectivity index (χ2n) is 2.22. The molecule has 0 unspecified atom stereocenters. The molecule has 64 valence electrons. The van der Waals surface area contributed by atoms with Crippen LogP contribution in [0.3, 0.4) is 0 Å². The average Bonchev–Trinajstić information content (AvgIpc) is 2.58. The smallest absolute Gasteiger partial charge is 0.115 e. The van der Waals surface area contributed by atoms with Crippen molar-refractivity contribution in [2.24, 2.45) is 5.11 Å². The van der Waals surface area contributed by atoms with Crippen LogP contribution in [0.2, 0.25) is 5.02 Å². The van der Waals surface area contributed by atoms with Crippen molar-refractivity contribution in [1.82, 2.24) is 8.75 Å². The maximum atomic E-state index is 8.30. The highest BCUT2D eigenvalue weighted by molar-refractivity contribution is 7.00. The first-order chi connectivity index (χ1) is 6.33. The Morgan fingerprint density at radius 3 is 3.08 bits per heavy atom. The summed E-state index contributed by atoms with van der Waals surface area (Å²) in [5.74, 6) is 0. The average molecular weight is 212 g/mol. The molecule has 0 atom stereocenters. The Hall–Kier alpha value is -1.36. The molecule has 0 aliphatic heterocycles. The van der Waals surface area contributed by atoms with E-state index >= 15 is 0 Å². The Labute approximate surface area is 81.9 Å². The molecule has 0 N–H and O–H groups in total. The van der Waals surface area contributed by atoms with Crippen LogP contribution in [-0.2, 0) is 0 Å². The van der Waals surface area contributed by atoms with Crippen LogP contribution in [0.15, 0.2) is 17.2 Å². The van der Waals surface area contributed by atoms with Crippen LogP contribution in [0.1, 0.15) is 0 Å². The summed E-state index contributed by atoms with van der Waals surface area (Å²) in [7, 11) is 0. The Morgan fingerprint density at radius 1 is 1.46 bits per heavy atom. The van der Waals surface area contributed by atoms with E-state index in [9.17, 15) is 0 Å². The van der Waals surface area contributed by atoms with Gasteiger partial charge in [-0.1, -0.05) is 16.7 Å². The number of fused-ring (bicyclic) bond motifs is 1. The summed E-state index contributed by atoms with van der Waals surface area (Å²) in [6, 6.07) is 3.37. The van der Waals surface area contributed by atoms with Crippen LogP contribution >= 0.6 is 23.3 Å². The fourth-order valence-electron chi connectivity index (χ4n) is 0.953. The van der Waals surface area contributed by atoms with Crippen molar-refractivity contribution in [1.29, 1.82) is 0 Å². The normalized spacial score (nSPS) is 9.92. The third kappa shape index (κ3) is 1.31. The van der Waals surface area contributed by atoms with Crippen molar-refractivity contribution in [2.75, 3.05) is 0 Å². The van der Waals surface area contributed by atoms with E-state index in [-0.39, 0.29) is 0 Å². The minimum atomic E-state index is 0.343. The quantitative estimate of drug-likeness (QED) is 0.412. The number of nitrogens with zero attached hydrogens (tertiary/aromatic N) is 5. The van der Waals surface area contributed by atoms with Crippen LogP contribution in [-0.4, -0.2) is 8.75 Å². The van der Waals surface area contributed by atoms with E-state index in [1.165, 1.54) is 0 Å². The number of hydrogen-bond acceptors (Lipinski definition) is 4. The van der Waals surface area contributed by atoms with Crippen LogP contribution in [0, 0.1) is 0 Å². The largest absolute Gasteiger partial charge is 0.173 e. The number of aromatic nitrogens is 2. The van der Waals surface area contributed by atoms with Crippen molar-refractivity contribution in [3.63, 3.8) is 0 Å². The summed E-state index contributed by atoms with van der Waals surface area (Å²) >= 11 is 6.87. The van der Waals surface area contributed by atoms with Crippen molar-refractivity contribution in [3.8, 4) is 0 Å². The van der Waals surface area contributed by atoms with Crippen LogP contribution in [0.5, 0.6) is 0 Å². The van der Waals surface area contributed by atoms with Gasteiger partial charge in [0.25, 0.3) is 0 Å². The van der Waals surface area contributed by atoms with E-state index in [4.69, 9.17) is 17.1 Å². The topological polar surface area (TPSA) is 74.5 Å². The van der Waals surface area contributed by atoms with Gasteiger partial charge in [0.15, 0.2) is 0 Å². The molecule has 13 heavy (non-hydrogen) atoms. The maximum Gasteiger partial charge on any atom is 0.115 e. The molecule has 0 saturated carbocycles. The highest BCUT2D eigenvalue weighted by atomic mass is 35.5. The molecule has 0 bridgehead atoms. The Kier molecular flexibility index (Phi) is 2.02. The SMILES string of the molecule is [N-]=[N+]=Nc1c(Cl)ccc2nsnc12. The number of azide groups is 1. The van der Waals surface area contributed by atoms with Gasteiger partial charge in [-0.2, -0.15) is 8.75 Å². The molecule has 1 heterocycles. The first-order valence-corrected chi connectivity index (χ1v) is 4.39. The minimum Gasteiger partial charge on any atom is -0.173 e. The zero-order valence-electron chi connectivity index (χ0n) is 6.18. The molecule has 0 aliphatic rings. The molecule has 2 rings (SSSR count). The van der Waals surface area contributed by atoms with Gasteiger partial charge in [0.05, 0.1) is 22.4 Å². The highest BCUT2D eigenvalue weighted by Crippen LogP contribution is 2.32. The van der Waals surface area contributed by atoms with E-state index in [1.807, 2.05) is 0 Å². The lowest BCUT2D eigenvalue weighted by Gasteiger charge is -1.94. The molecule has 7 heteroatoms. The monoisotopic (exact) mass is 211 g/mol. The second kappa shape index (κ2) is 3.18. The van der Waals surface area contributed by atoms with Gasteiger partial charge in [0, 0.05) is 4.91 Å². The summed E-state index contributed by atoms with van der Waals surface area (Å²) in [5, 5.41) is 3.85. The predicted molar refractivity (Wildman–Crippen MR) is 51.2 cm³/mol. The lowest BCUT2D eigenvalue weighted by molar-refractivity contribution is 1.48. The second-order valence-corrected chi connectivity index (χ2v) is 3.15. The predicted octanol–water partition coefficient (Wildman–Crippen LogP) is 3.29. The zero-order chi connectivity index (χ0) is 9.26. The first kappa shape index (κ1) is 8.25. The molecule has 0 saturated heterocycles. The summed E-state index contributed by atoms with van der Waals surface area (Å²) in [4.78, 5) is 2.67. The summed E-state index contributed by atoms with van der Waals surface area (Å²) < 4.78 is 7.97. The van der Waals surface area contributed by atoms with Crippen molar-refractivity contribution >= 4 is 40.0 Å². The van der Waals surface area contributed by atoms with Gasteiger partial charge < -0.3 is 0 Å². The van der Waals surface area contributed by atoms with Gasteiger partial charge in [-0.05, 0) is 17.7 Å². The Balaban J connectivity index is 2.87.